The molecule has 5 rings (SSSR count). The number of hydrogen-bond donors (Lipinski definition) is 0. The molecule has 1 saturated carbocycles. The second-order valence-corrected chi connectivity index (χ2v) is 7.18. The number of carbonyl (C=O) groups is 1. The lowest BCUT2D eigenvalue weighted by atomic mass is 10.0. The summed E-state index contributed by atoms with van der Waals surface area (Å²) in [7, 11) is 3.06. The van der Waals surface area contributed by atoms with Crippen LogP contribution >= 0.6 is 0 Å². The molecule has 2 aromatic carbocycles. The van der Waals surface area contributed by atoms with Crippen LogP contribution in [-0.2, 0) is 6.54 Å². The quantitative estimate of drug-likeness (QED) is 0.557. The zero-order chi connectivity index (χ0) is 18.7. The van der Waals surface area contributed by atoms with E-state index in [-0.39, 0.29) is 11.3 Å². The predicted octanol–water partition coefficient (Wildman–Crippen LogP) is 3.64. The fourth-order valence-electron chi connectivity index (χ4n) is 4.11. The maximum absolute atomic E-state index is 13.5. The predicted molar refractivity (Wildman–Crippen MR) is 103 cm³/mol. The summed E-state index contributed by atoms with van der Waals surface area (Å²) in [6.45, 7) is 0.624. The average Bonchev–Trinajstić information content (AvgIpc) is 3.47. The molecule has 0 aliphatic heterocycles. The highest BCUT2D eigenvalue weighted by Gasteiger charge is 2.35. The highest BCUT2D eigenvalue weighted by atomic mass is 16.5. The summed E-state index contributed by atoms with van der Waals surface area (Å²) in [5, 5.41) is 1.04. The van der Waals surface area contributed by atoms with Crippen molar-refractivity contribution < 1.29 is 14.3 Å². The third kappa shape index (κ3) is 2.17. The molecule has 2 aliphatic rings. The zero-order valence-corrected chi connectivity index (χ0v) is 15.2. The number of methoxy groups -OCH3 is 2. The highest BCUT2D eigenvalue weighted by Crippen LogP contribution is 2.44. The molecule has 0 atom stereocenters. The number of pyridine rings is 1. The largest absolute Gasteiger partial charge is 0.493 e. The van der Waals surface area contributed by atoms with Crippen molar-refractivity contribution in [2.24, 2.45) is 5.92 Å². The van der Waals surface area contributed by atoms with Crippen molar-refractivity contribution in [3.05, 3.63) is 57.9 Å². The Bertz CT molecular complexity index is 1170. The van der Waals surface area contributed by atoms with Crippen molar-refractivity contribution >= 4 is 16.6 Å². The Kier molecular flexibility index (Phi) is 3.41. The number of ketones is 1. The van der Waals surface area contributed by atoms with Crippen LogP contribution < -0.4 is 15.0 Å². The van der Waals surface area contributed by atoms with E-state index in [0.717, 1.165) is 24.1 Å². The van der Waals surface area contributed by atoms with Gasteiger partial charge in [-0.25, -0.2) is 0 Å². The van der Waals surface area contributed by atoms with Crippen LogP contribution in [0, 0.1) is 5.92 Å². The van der Waals surface area contributed by atoms with Crippen molar-refractivity contribution in [2.45, 2.75) is 19.4 Å². The molecule has 5 nitrogen and oxygen atoms in total. The minimum Gasteiger partial charge on any atom is -0.493 e. The molecule has 3 aromatic rings. The van der Waals surface area contributed by atoms with Gasteiger partial charge in [0.1, 0.15) is 0 Å². The van der Waals surface area contributed by atoms with Crippen LogP contribution in [0.2, 0.25) is 0 Å². The molecule has 0 unspecified atom stereocenters. The van der Waals surface area contributed by atoms with E-state index in [2.05, 4.69) is 0 Å². The number of nitrogens with zero attached hydrogens (tertiary/aromatic N) is 1. The standard InChI is InChI=1S/C22H19NO4/c1-26-16-10-9-15-17-19(13-5-3-4-6-14(13)20(17)24)23(11-12-7-8-12)22(25)18(15)21(16)27-2/h3-6,9-10,12H,7-8,11H2,1-2H3. The van der Waals surface area contributed by atoms with Crippen LogP contribution in [-0.4, -0.2) is 24.6 Å². The number of benzene rings is 2. The van der Waals surface area contributed by atoms with Crippen molar-refractivity contribution in [2.75, 3.05) is 14.2 Å². The first-order valence-electron chi connectivity index (χ1n) is 9.11. The number of rotatable bonds is 4. The second kappa shape index (κ2) is 5.71. The molecule has 136 valence electrons. The van der Waals surface area contributed by atoms with Gasteiger partial charge < -0.3 is 14.0 Å². The minimum absolute atomic E-state index is 0.0395. The smallest absolute Gasteiger partial charge is 0.262 e. The minimum atomic E-state index is -0.129. The first-order valence-corrected chi connectivity index (χ1v) is 9.11. The van der Waals surface area contributed by atoms with E-state index < -0.39 is 0 Å². The SMILES string of the molecule is COc1ccc2c3c(n(CC4CC4)c(=O)c2c1OC)-c1ccccc1C3=O. The van der Waals surface area contributed by atoms with Crippen molar-refractivity contribution in [1.29, 1.82) is 0 Å². The van der Waals surface area contributed by atoms with Crippen molar-refractivity contribution in [3.63, 3.8) is 0 Å². The van der Waals surface area contributed by atoms with E-state index >= 15 is 0 Å². The van der Waals surface area contributed by atoms with Gasteiger partial charge in [0, 0.05) is 23.1 Å². The van der Waals surface area contributed by atoms with Gasteiger partial charge in [0.25, 0.3) is 5.56 Å². The number of carbonyl (C=O) groups excluding carboxylic acids is 1. The molecule has 1 aromatic heterocycles. The highest BCUT2D eigenvalue weighted by molar-refractivity contribution is 6.27. The topological polar surface area (TPSA) is 57.5 Å². The number of aromatic nitrogens is 1. The first kappa shape index (κ1) is 16.1. The van der Waals surface area contributed by atoms with Gasteiger partial charge in [0.05, 0.1) is 30.9 Å². The molecule has 2 aliphatic carbocycles. The summed E-state index contributed by atoms with van der Waals surface area (Å²) in [5.74, 6) is 1.32. The van der Waals surface area contributed by atoms with Gasteiger partial charge in [-0.05, 0) is 30.9 Å². The van der Waals surface area contributed by atoms with Gasteiger partial charge in [0.2, 0.25) is 0 Å². The van der Waals surface area contributed by atoms with E-state index in [0.29, 0.717) is 45.9 Å². The van der Waals surface area contributed by atoms with E-state index in [9.17, 15) is 9.59 Å². The zero-order valence-electron chi connectivity index (χ0n) is 15.2. The Morgan fingerprint density at radius 3 is 2.41 bits per heavy atom. The van der Waals surface area contributed by atoms with Crippen LogP contribution in [0.3, 0.4) is 0 Å². The Morgan fingerprint density at radius 2 is 1.74 bits per heavy atom. The molecule has 27 heavy (non-hydrogen) atoms. The van der Waals surface area contributed by atoms with E-state index in [1.165, 1.54) is 7.11 Å². The van der Waals surface area contributed by atoms with Crippen LogP contribution in [0.4, 0.5) is 0 Å². The Morgan fingerprint density at radius 1 is 1.00 bits per heavy atom. The molecular formula is C22H19NO4. The van der Waals surface area contributed by atoms with Crippen molar-refractivity contribution in [3.8, 4) is 22.8 Å². The van der Waals surface area contributed by atoms with Gasteiger partial charge in [-0.2, -0.15) is 0 Å². The Balaban J connectivity index is 1.96. The third-order valence-corrected chi connectivity index (χ3v) is 5.57. The molecule has 0 bridgehead atoms. The monoisotopic (exact) mass is 361 g/mol. The van der Waals surface area contributed by atoms with Crippen LogP contribution in [0.5, 0.6) is 11.5 Å². The fraction of sp³-hybridized carbons (Fsp3) is 0.273. The molecule has 0 spiro atoms. The summed E-state index contributed by atoms with van der Waals surface area (Å²) < 4.78 is 12.7. The van der Waals surface area contributed by atoms with Gasteiger partial charge >= 0.3 is 0 Å². The molecule has 1 fully saturated rings. The van der Waals surface area contributed by atoms with E-state index in [4.69, 9.17) is 9.47 Å². The number of hydrogen-bond acceptors (Lipinski definition) is 4. The summed E-state index contributed by atoms with van der Waals surface area (Å²) in [6.07, 6.45) is 2.23. The Hall–Kier alpha value is -3.08. The third-order valence-electron chi connectivity index (χ3n) is 5.57. The molecule has 0 amide bonds. The van der Waals surface area contributed by atoms with Gasteiger partial charge in [-0.15, -0.1) is 0 Å². The average molecular weight is 361 g/mol. The lowest BCUT2D eigenvalue weighted by Gasteiger charge is -2.17. The lowest BCUT2D eigenvalue weighted by Crippen LogP contribution is -2.24. The van der Waals surface area contributed by atoms with Gasteiger partial charge in [0.15, 0.2) is 17.3 Å². The van der Waals surface area contributed by atoms with Crippen LogP contribution in [0.25, 0.3) is 22.0 Å². The molecule has 0 N–H and O–H groups in total. The second-order valence-electron chi connectivity index (χ2n) is 7.18. The molecule has 5 heteroatoms. The van der Waals surface area contributed by atoms with Gasteiger partial charge in [-0.3, -0.25) is 9.59 Å². The Labute approximate surface area is 156 Å². The summed E-state index contributed by atoms with van der Waals surface area (Å²) in [4.78, 5) is 26.8. The maximum atomic E-state index is 13.5. The van der Waals surface area contributed by atoms with E-state index in [1.807, 2.05) is 24.3 Å². The molecule has 1 heterocycles. The summed E-state index contributed by atoms with van der Waals surface area (Å²) in [5.41, 5.74) is 2.70. The normalized spacial score (nSPS) is 15.0. The lowest BCUT2D eigenvalue weighted by molar-refractivity contribution is 0.104. The number of ether oxygens (including phenoxy) is 2. The van der Waals surface area contributed by atoms with E-state index in [1.54, 1.807) is 23.8 Å². The van der Waals surface area contributed by atoms with Crippen molar-refractivity contribution in [1.82, 2.24) is 4.57 Å². The molecular weight excluding hydrogens is 342 g/mol. The number of fused-ring (bicyclic) bond motifs is 5. The van der Waals surface area contributed by atoms with Crippen LogP contribution in [0.15, 0.2) is 41.2 Å². The first-order chi connectivity index (χ1) is 13.2. The summed E-state index contributed by atoms with van der Waals surface area (Å²) in [6, 6.07) is 11.1. The summed E-state index contributed by atoms with van der Waals surface area (Å²) >= 11 is 0. The van der Waals surface area contributed by atoms with Crippen LogP contribution in [0.1, 0.15) is 28.8 Å². The maximum Gasteiger partial charge on any atom is 0.262 e. The molecule has 0 saturated heterocycles. The fourth-order valence-corrected chi connectivity index (χ4v) is 4.11. The van der Waals surface area contributed by atoms with Gasteiger partial charge in [-0.1, -0.05) is 24.3 Å². The molecule has 0 radical (unpaired) electrons.